The molecule has 9 nitrogen and oxygen atoms in total. The fraction of sp³-hybridized carbons (Fsp3) is 0.471. The Balaban J connectivity index is 1.37. The third kappa shape index (κ3) is 4.84. The lowest BCUT2D eigenvalue weighted by atomic mass is 9.64. The SMILES string of the molecule is N#Cc1c(N)sc2c(F)ccc(-c3c(Cl)c4c5c(nc(OC[C@@]67CCCN6C[C@H](F)C7)nc5c3F)N(CC(F)F)[C@@H](C3(C#N)CCC3)CO4)c12. The normalized spacial score (nSPS) is 24.1. The Morgan fingerprint density at radius 3 is 2.66 bits per heavy atom. The summed E-state index contributed by atoms with van der Waals surface area (Å²) in [6.07, 6.45) is -0.655. The van der Waals surface area contributed by atoms with Crippen molar-refractivity contribution in [3.8, 4) is 35.0 Å². The molecule has 2 N–H and O–H groups in total. The summed E-state index contributed by atoms with van der Waals surface area (Å²) in [5, 5.41) is 19.9. The van der Waals surface area contributed by atoms with Crippen LogP contribution in [0.2, 0.25) is 5.02 Å². The number of nitrogens with zero attached hydrogens (tertiary/aromatic N) is 6. The van der Waals surface area contributed by atoms with Crippen LogP contribution < -0.4 is 20.1 Å². The average molecular weight is 730 g/mol. The lowest BCUT2D eigenvalue weighted by molar-refractivity contribution is 0.0990. The summed E-state index contributed by atoms with van der Waals surface area (Å²) in [5.41, 5.74) is 3.68. The van der Waals surface area contributed by atoms with Gasteiger partial charge in [0.15, 0.2) is 11.6 Å². The van der Waals surface area contributed by atoms with Gasteiger partial charge in [-0.2, -0.15) is 20.5 Å². The predicted molar refractivity (Wildman–Crippen MR) is 177 cm³/mol. The maximum absolute atomic E-state index is 17.2. The van der Waals surface area contributed by atoms with Crippen molar-refractivity contribution in [3.05, 3.63) is 34.4 Å². The number of aromatic nitrogens is 2. The summed E-state index contributed by atoms with van der Waals surface area (Å²) in [7, 11) is 0. The van der Waals surface area contributed by atoms with Crippen molar-refractivity contribution < 1.29 is 31.4 Å². The molecule has 8 rings (SSSR count). The van der Waals surface area contributed by atoms with Crippen LogP contribution in [0.3, 0.4) is 0 Å². The lowest BCUT2D eigenvalue weighted by Gasteiger charge is -2.46. The second-order valence-corrected chi connectivity index (χ2v) is 14.9. The zero-order valence-corrected chi connectivity index (χ0v) is 28.0. The molecule has 2 saturated heterocycles. The van der Waals surface area contributed by atoms with Crippen molar-refractivity contribution in [2.24, 2.45) is 5.41 Å². The molecule has 0 bridgehead atoms. The van der Waals surface area contributed by atoms with E-state index in [0.29, 0.717) is 32.2 Å². The van der Waals surface area contributed by atoms with Crippen LogP contribution in [-0.2, 0) is 0 Å². The minimum Gasteiger partial charge on any atom is -0.489 e. The highest BCUT2D eigenvalue weighted by Crippen LogP contribution is 2.54. The van der Waals surface area contributed by atoms with Gasteiger partial charge in [-0.3, -0.25) is 4.90 Å². The summed E-state index contributed by atoms with van der Waals surface area (Å²) in [6.45, 7) is -0.203. The number of anilines is 2. The number of rotatable bonds is 7. The molecular weight excluding hydrogens is 701 g/mol. The minimum atomic E-state index is -2.88. The first-order valence-electron chi connectivity index (χ1n) is 16.2. The van der Waals surface area contributed by atoms with Crippen molar-refractivity contribution in [2.45, 2.75) is 62.7 Å². The van der Waals surface area contributed by atoms with Crippen molar-refractivity contribution in [1.82, 2.24) is 14.9 Å². The first-order valence-corrected chi connectivity index (χ1v) is 17.4. The molecule has 3 atom stereocenters. The number of thiophene rings is 1. The number of hydrogen-bond acceptors (Lipinski definition) is 10. The van der Waals surface area contributed by atoms with E-state index < -0.39 is 47.8 Å². The van der Waals surface area contributed by atoms with Crippen LogP contribution in [-0.4, -0.2) is 71.9 Å². The van der Waals surface area contributed by atoms with Crippen molar-refractivity contribution in [2.75, 3.05) is 43.5 Å². The largest absolute Gasteiger partial charge is 0.489 e. The molecule has 2 aromatic carbocycles. The van der Waals surface area contributed by atoms with Gasteiger partial charge in [-0.15, -0.1) is 11.3 Å². The Kier molecular flexibility index (Phi) is 7.89. The molecule has 0 spiro atoms. The fourth-order valence-corrected chi connectivity index (χ4v) is 9.62. The topological polar surface area (TPSA) is 124 Å². The number of nitrogens with two attached hydrogens (primary N) is 1. The maximum Gasteiger partial charge on any atom is 0.319 e. The Morgan fingerprint density at radius 1 is 1.16 bits per heavy atom. The number of nitrogen functional groups attached to an aromatic ring is 1. The Morgan fingerprint density at radius 2 is 1.96 bits per heavy atom. The fourth-order valence-electron chi connectivity index (χ4n) is 8.33. The quantitative estimate of drug-likeness (QED) is 0.194. The molecular formula is C34H29ClF5N7O2S. The van der Waals surface area contributed by atoms with E-state index in [1.807, 2.05) is 11.0 Å². The summed E-state index contributed by atoms with van der Waals surface area (Å²) in [5.74, 6) is -1.96. The van der Waals surface area contributed by atoms with E-state index in [1.165, 1.54) is 11.0 Å². The summed E-state index contributed by atoms with van der Waals surface area (Å²) in [4.78, 5) is 12.3. The molecule has 2 aromatic heterocycles. The van der Waals surface area contributed by atoms with Crippen LogP contribution in [0.15, 0.2) is 12.1 Å². The zero-order valence-electron chi connectivity index (χ0n) is 26.4. The number of benzene rings is 2. The molecule has 0 unspecified atom stereocenters. The average Bonchev–Trinajstić information content (AvgIpc) is 3.67. The highest BCUT2D eigenvalue weighted by molar-refractivity contribution is 7.23. The second-order valence-electron chi connectivity index (χ2n) is 13.5. The highest BCUT2D eigenvalue weighted by atomic mass is 35.5. The van der Waals surface area contributed by atoms with E-state index in [1.54, 1.807) is 0 Å². The third-order valence-electron chi connectivity index (χ3n) is 10.8. The Bertz CT molecular complexity index is 2150. The number of hydrogen-bond donors (Lipinski definition) is 1. The van der Waals surface area contributed by atoms with E-state index in [0.717, 1.165) is 23.8 Å². The van der Waals surface area contributed by atoms with E-state index >= 15 is 8.78 Å². The van der Waals surface area contributed by atoms with Crippen LogP contribution >= 0.6 is 22.9 Å². The molecule has 3 fully saturated rings. The van der Waals surface area contributed by atoms with Gasteiger partial charge in [0.1, 0.15) is 47.6 Å². The summed E-state index contributed by atoms with van der Waals surface area (Å²) in [6, 6.07) is 5.40. The predicted octanol–water partition coefficient (Wildman–Crippen LogP) is 7.38. The number of fused-ring (bicyclic) bond motifs is 2. The monoisotopic (exact) mass is 729 g/mol. The number of halogens is 6. The van der Waals surface area contributed by atoms with E-state index in [4.69, 9.17) is 26.8 Å². The van der Waals surface area contributed by atoms with Gasteiger partial charge in [-0.05, 0) is 43.9 Å². The van der Waals surface area contributed by atoms with Gasteiger partial charge >= 0.3 is 6.01 Å². The van der Waals surface area contributed by atoms with Crippen LogP contribution in [0.25, 0.3) is 32.1 Å². The van der Waals surface area contributed by atoms with E-state index in [-0.39, 0.29) is 91.5 Å². The zero-order chi connectivity index (χ0) is 35.1. The molecule has 0 amide bonds. The standard InChI is InChI=1S/C34H29ClF5N7O2S/c35-25-23(17-3-4-19(37)29-22(17)18(10-41)30(43)50-29)26(40)27-24-28(25)48-13-20(33(14-42)5-1-6-33)47(12-21(38)39)31(24)45-32(44-27)49-15-34-7-2-8-46(34)11-16(36)9-34/h3-4,16,20-21H,1-2,5-9,11-13,15,43H2/t16-,20-,34+/m1/s1. The third-order valence-corrected chi connectivity index (χ3v) is 12.2. The van der Waals surface area contributed by atoms with Gasteiger partial charge in [-0.1, -0.05) is 24.1 Å². The van der Waals surface area contributed by atoms with Crippen LogP contribution in [0.5, 0.6) is 11.8 Å². The Labute approximate surface area is 291 Å². The molecule has 1 saturated carbocycles. The highest BCUT2D eigenvalue weighted by Gasteiger charge is 2.51. The number of nitriles is 2. The molecule has 260 valence electrons. The minimum absolute atomic E-state index is 0.0125. The second kappa shape index (κ2) is 12.0. The molecule has 1 aliphatic carbocycles. The molecule has 0 radical (unpaired) electrons. The molecule has 5 heterocycles. The molecule has 16 heteroatoms. The van der Waals surface area contributed by atoms with Crippen molar-refractivity contribution >= 4 is 54.7 Å². The van der Waals surface area contributed by atoms with Crippen LogP contribution in [0.1, 0.15) is 44.1 Å². The number of ether oxygens (including phenoxy) is 2. The first kappa shape index (κ1) is 33.0. The first-order chi connectivity index (χ1) is 24.0. The lowest BCUT2D eigenvalue weighted by Crippen LogP contribution is -2.55. The molecule has 4 aromatic rings. The molecule has 50 heavy (non-hydrogen) atoms. The van der Waals surface area contributed by atoms with Crippen molar-refractivity contribution in [1.29, 1.82) is 10.5 Å². The van der Waals surface area contributed by atoms with Crippen molar-refractivity contribution in [3.63, 3.8) is 0 Å². The maximum atomic E-state index is 17.2. The van der Waals surface area contributed by atoms with E-state index in [2.05, 4.69) is 16.0 Å². The number of alkyl halides is 3. The summed E-state index contributed by atoms with van der Waals surface area (Å²) >= 11 is 7.81. The molecule has 3 aliphatic heterocycles. The Hall–Kier alpha value is -4.18. The van der Waals surface area contributed by atoms with Gasteiger partial charge in [0.05, 0.1) is 50.3 Å². The van der Waals surface area contributed by atoms with Gasteiger partial charge in [-0.25, -0.2) is 22.0 Å². The van der Waals surface area contributed by atoms with Gasteiger partial charge < -0.3 is 20.1 Å². The van der Waals surface area contributed by atoms with Crippen LogP contribution in [0, 0.1) is 39.7 Å². The van der Waals surface area contributed by atoms with E-state index in [9.17, 15) is 23.7 Å². The van der Waals surface area contributed by atoms with Gasteiger partial charge in [0.25, 0.3) is 6.43 Å². The van der Waals surface area contributed by atoms with Gasteiger partial charge in [0.2, 0.25) is 0 Å². The summed E-state index contributed by atoms with van der Waals surface area (Å²) < 4.78 is 88.0. The molecule has 4 aliphatic rings. The van der Waals surface area contributed by atoms with Crippen LogP contribution in [0.4, 0.5) is 32.8 Å². The smallest absolute Gasteiger partial charge is 0.319 e. The van der Waals surface area contributed by atoms with Gasteiger partial charge in [0, 0.05) is 23.9 Å².